The fourth-order valence-corrected chi connectivity index (χ4v) is 2.32. The zero-order chi connectivity index (χ0) is 13.8. The van der Waals surface area contributed by atoms with Crippen molar-refractivity contribution in [1.82, 2.24) is 10.2 Å². The van der Waals surface area contributed by atoms with Gasteiger partial charge in [0.1, 0.15) is 11.6 Å². The van der Waals surface area contributed by atoms with Crippen LogP contribution in [0.1, 0.15) is 25.3 Å². The van der Waals surface area contributed by atoms with Gasteiger partial charge in [-0.1, -0.05) is 6.07 Å². The average Bonchev–Trinajstić information content (AvgIpc) is 2.38. The molecule has 2 rings (SSSR count). The molecule has 1 aliphatic heterocycles. The topological polar surface area (TPSA) is 32.3 Å². The highest BCUT2D eigenvalue weighted by Crippen LogP contribution is 2.13. The van der Waals surface area contributed by atoms with E-state index >= 15 is 0 Å². The molecule has 1 saturated heterocycles. The lowest BCUT2D eigenvalue weighted by Gasteiger charge is -2.31. The summed E-state index contributed by atoms with van der Waals surface area (Å²) in [7, 11) is 0. The van der Waals surface area contributed by atoms with Gasteiger partial charge in [-0.3, -0.25) is 4.79 Å². The number of hydrogen-bond donors (Lipinski definition) is 1. The summed E-state index contributed by atoms with van der Waals surface area (Å²) in [6.45, 7) is 3.43. The molecule has 0 aromatic heterocycles. The number of piperidine rings is 1. The number of nitrogens with one attached hydrogen (secondary N) is 1. The van der Waals surface area contributed by atoms with Gasteiger partial charge in [-0.25, -0.2) is 8.78 Å². The van der Waals surface area contributed by atoms with E-state index in [9.17, 15) is 13.6 Å². The van der Waals surface area contributed by atoms with Crippen molar-refractivity contribution in [1.29, 1.82) is 0 Å². The van der Waals surface area contributed by atoms with Crippen LogP contribution in [-0.4, -0.2) is 29.9 Å². The van der Waals surface area contributed by atoms with Crippen LogP contribution < -0.4 is 5.32 Å². The second kappa shape index (κ2) is 6.10. The summed E-state index contributed by atoms with van der Waals surface area (Å²) in [4.78, 5) is 13.0. The predicted molar refractivity (Wildman–Crippen MR) is 68.5 cm³/mol. The van der Waals surface area contributed by atoms with Crippen LogP contribution in [0.3, 0.4) is 0 Å². The largest absolute Gasteiger partial charge is 0.343 e. The highest BCUT2D eigenvalue weighted by atomic mass is 19.1. The third kappa shape index (κ3) is 3.73. The van der Waals surface area contributed by atoms with Crippen molar-refractivity contribution in [2.45, 2.75) is 32.4 Å². The maximum absolute atomic E-state index is 13.4. The van der Waals surface area contributed by atoms with Crippen LogP contribution >= 0.6 is 0 Å². The molecule has 1 heterocycles. The molecular weight excluding hydrogens is 250 g/mol. The summed E-state index contributed by atoms with van der Waals surface area (Å²) in [5.41, 5.74) is 0.468. The fourth-order valence-electron chi connectivity index (χ4n) is 2.32. The lowest BCUT2D eigenvalue weighted by atomic mass is 10.0. The van der Waals surface area contributed by atoms with Gasteiger partial charge in [-0.2, -0.15) is 0 Å². The highest BCUT2D eigenvalue weighted by Gasteiger charge is 2.20. The molecule has 0 atom stereocenters. The quantitative estimate of drug-likeness (QED) is 0.910. The molecule has 3 nitrogen and oxygen atoms in total. The van der Waals surface area contributed by atoms with E-state index in [0.29, 0.717) is 12.1 Å². The Morgan fingerprint density at radius 1 is 1.37 bits per heavy atom. The van der Waals surface area contributed by atoms with Gasteiger partial charge in [0.25, 0.3) is 0 Å². The Balaban J connectivity index is 1.82. The van der Waals surface area contributed by atoms with Crippen LogP contribution in [0.25, 0.3) is 0 Å². The lowest BCUT2D eigenvalue weighted by molar-refractivity contribution is -0.129. The van der Waals surface area contributed by atoms with E-state index in [4.69, 9.17) is 0 Å². The van der Waals surface area contributed by atoms with Crippen molar-refractivity contribution in [2.24, 2.45) is 0 Å². The number of halogens is 2. The molecule has 1 amide bonds. The maximum Gasteiger partial charge on any atom is 0.219 e. The number of amides is 1. The number of carbonyl (C=O) groups excluding carboxylic acids is 1. The Bertz CT molecular complexity index is 457. The predicted octanol–water partition coefficient (Wildman–Crippen LogP) is 2.07. The minimum absolute atomic E-state index is 0.100. The molecule has 0 bridgehead atoms. The van der Waals surface area contributed by atoms with Gasteiger partial charge in [-0.15, -0.1) is 0 Å². The van der Waals surface area contributed by atoms with Crippen molar-refractivity contribution < 1.29 is 13.6 Å². The first-order chi connectivity index (χ1) is 9.06. The van der Waals surface area contributed by atoms with Crippen LogP contribution in [0.15, 0.2) is 18.2 Å². The molecule has 1 aromatic rings. The summed E-state index contributed by atoms with van der Waals surface area (Å²) in [5, 5.41) is 3.26. The molecule has 19 heavy (non-hydrogen) atoms. The first-order valence-corrected chi connectivity index (χ1v) is 6.49. The molecule has 0 aliphatic carbocycles. The van der Waals surface area contributed by atoms with Crippen LogP contribution in [0.2, 0.25) is 0 Å². The number of hydrogen-bond acceptors (Lipinski definition) is 2. The second-order valence-corrected chi connectivity index (χ2v) is 4.90. The monoisotopic (exact) mass is 268 g/mol. The van der Waals surface area contributed by atoms with E-state index < -0.39 is 11.6 Å². The summed E-state index contributed by atoms with van der Waals surface area (Å²) in [6, 6.07) is 3.90. The lowest BCUT2D eigenvalue weighted by Crippen LogP contribution is -2.44. The van der Waals surface area contributed by atoms with Crippen LogP contribution in [-0.2, 0) is 11.3 Å². The maximum atomic E-state index is 13.4. The van der Waals surface area contributed by atoms with Crippen LogP contribution in [0, 0.1) is 11.6 Å². The van der Waals surface area contributed by atoms with Gasteiger partial charge in [0.15, 0.2) is 0 Å². The summed E-state index contributed by atoms with van der Waals surface area (Å²) in [5.74, 6) is -0.979. The van der Waals surface area contributed by atoms with E-state index in [1.165, 1.54) is 12.1 Å². The Labute approximate surface area is 111 Å². The van der Waals surface area contributed by atoms with E-state index in [2.05, 4.69) is 5.32 Å². The Morgan fingerprint density at radius 2 is 2.05 bits per heavy atom. The van der Waals surface area contributed by atoms with E-state index in [1.54, 1.807) is 6.92 Å². The van der Waals surface area contributed by atoms with Gasteiger partial charge in [0.2, 0.25) is 5.91 Å². The third-order valence-electron chi connectivity index (χ3n) is 3.54. The molecule has 1 fully saturated rings. The Morgan fingerprint density at radius 3 is 2.63 bits per heavy atom. The zero-order valence-corrected chi connectivity index (χ0v) is 11.0. The average molecular weight is 268 g/mol. The van der Waals surface area contributed by atoms with Crippen molar-refractivity contribution >= 4 is 5.91 Å². The Hall–Kier alpha value is -1.49. The van der Waals surface area contributed by atoms with Crippen molar-refractivity contribution in [2.75, 3.05) is 13.1 Å². The van der Waals surface area contributed by atoms with Crippen molar-refractivity contribution in [3.63, 3.8) is 0 Å². The molecule has 1 N–H and O–H groups in total. The van der Waals surface area contributed by atoms with Crippen molar-refractivity contribution in [3.8, 4) is 0 Å². The molecule has 0 unspecified atom stereocenters. The second-order valence-electron chi connectivity index (χ2n) is 4.90. The SMILES string of the molecule is CC(=O)N1CCC(NCc2ccc(F)cc2F)CC1. The number of rotatable bonds is 3. The zero-order valence-electron chi connectivity index (χ0n) is 11.0. The van der Waals surface area contributed by atoms with Gasteiger partial charge in [0, 0.05) is 44.2 Å². The minimum atomic E-state index is -0.559. The van der Waals surface area contributed by atoms with Crippen LogP contribution in [0.4, 0.5) is 8.78 Å². The number of nitrogens with zero attached hydrogens (tertiary/aromatic N) is 1. The summed E-state index contributed by atoms with van der Waals surface area (Å²) in [6.07, 6.45) is 1.73. The number of likely N-dealkylation sites (tertiary alicyclic amines) is 1. The van der Waals surface area contributed by atoms with E-state index in [1.807, 2.05) is 4.90 Å². The third-order valence-corrected chi connectivity index (χ3v) is 3.54. The highest BCUT2D eigenvalue weighted by molar-refractivity contribution is 5.73. The molecule has 0 saturated carbocycles. The first kappa shape index (κ1) is 13.9. The molecule has 5 heteroatoms. The summed E-state index contributed by atoms with van der Waals surface area (Å²) < 4.78 is 26.2. The standard InChI is InChI=1S/C14H18F2N2O/c1-10(19)18-6-4-13(5-7-18)17-9-11-2-3-12(15)8-14(11)16/h2-3,8,13,17H,4-7,9H2,1H3. The molecule has 0 spiro atoms. The van der Waals surface area contributed by atoms with Crippen LogP contribution in [0.5, 0.6) is 0 Å². The fraction of sp³-hybridized carbons (Fsp3) is 0.500. The first-order valence-electron chi connectivity index (χ1n) is 6.49. The molecule has 0 radical (unpaired) electrons. The molecule has 1 aromatic carbocycles. The number of benzene rings is 1. The summed E-state index contributed by atoms with van der Waals surface area (Å²) >= 11 is 0. The smallest absolute Gasteiger partial charge is 0.219 e. The van der Waals surface area contributed by atoms with Gasteiger partial charge < -0.3 is 10.2 Å². The van der Waals surface area contributed by atoms with E-state index in [0.717, 1.165) is 32.0 Å². The van der Waals surface area contributed by atoms with Crippen molar-refractivity contribution in [3.05, 3.63) is 35.4 Å². The van der Waals surface area contributed by atoms with E-state index in [-0.39, 0.29) is 11.9 Å². The van der Waals surface area contributed by atoms with Gasteiger partial charge in [0.05, 0.1) is 0 Å². The molecular formula is C14H18F2N2O. The Kier molecular flexibility index (Phi) is 4.47. The molecule has 104 valence electrons. The minimum Gasteiger partial charge on any atom is -0.343 e. The van der Waals surface area contributed by atoms with Gasteiger partial charge >= 0.3 is 0 Å². The van der Waals surface area contributed by atoms with Gasteiger partial charge in [-0.05, 0) is 18.9 Å². The molecule has 1 aliphatic rings. The normalized spacial score (nSPS) is 16.7. The number of carbonyl (C=O) groups is 1.